The van der Waals surface area contributed by atoms with Crippen LogP contribution in [0, 0.1) is 0 Å². The highest BCUT2D eigenvalue weighted by atomic mass is 19.4. The summed E-state index contributed by atoms with van der Waals surface area (Å²) in [5, 5.41) is 7.54. The van der Waals surface area contributed by atoms with Crippen LogP contribution in [-0.4, -0.2) is 48.7 Å². The summed E-state index contributed by atoms with van der Waals surface area (Å²) in [6.07, 6.45) is -4.88. The van der Waals surface area contributed by atoms with Crippen molar-refractivity contribution in [3.8, 4) is 11.5 Å². The van der Waals surface area contributed by atoms with E-state index in [0.717, 1.165) is 12.1 Å². The molecule has 3 N–H and O–H groups in total. The van der Waals surface area contributed by atoms with E-state index in [4.69, 9.17) is 4.74 Å². The smallest absolute Gasteiger partial charge is 0.495 e. The van der Waals surface area contributed by atoms with E-state index in [1.807, 2.05) is 0 Å². The number of carbonyl (C=O) groups excluding carboxylic acids is 4. The number of benzene rings is 2. The molecule has 13 heteroatoms. The minimum atomic E-state index is -4.88. The summed E-state index contributed by atoms with van der Waals surface area (Å²) >= 11 is 0. The maximum absolute atomic E-state index is 13.0. The molecule has 1 atom stereocenters. The number of anilines is 2. The van der Waals surface area contributed by atoms with Crippen LogP contribution in [0.5, 0.6) is 11.5 Å². The molecule has 3 rings (SSSR count). The average Bonchev–Trinajstić information content (AvgIpc) is 2.96. The van der Waals surface area contributed by atoms with Gasteiger partial charge in [0.1, 0.15) is 23.6 Å². The predicted molar refractivity (Wildman–Crippen MR) is 117 cm³/mol. The lowest BCUT2D eigenvalue weighted by Crippen LogP contribution is -2.42. The number of alkyl halides is 3. The molecule has 1 fully saturated rings. The van der Waals surface area contributed by atoms with Crippen LogP contribution in [0.1, 0.15) is 19.4 Å². The van der Waals surface area contributed by atoms with E-state index < -0.39 is 42.0 Å². The van der Waals surface area contributed by atoms with Gasteiger partial charge in [-0.15, -0.1) is 13.2 Å². The first-order valence-corrected chi connectivity index (χ1v) is 10.1. The minimum Gasteiger partial charge on any atom is -0.495 e. The average molecular weight is 494 g/mol. The highest BCUT2D eigenvalue weighted by Crippen LogP contribution is 2.32. The molecule has 2 aromatic rings. The first kappa shape index (κ1) is 25.3. The van der Waals surface area contributed by atoms with Crippen molar-refractivity contribution in [1.29, 1.82) is 0 Å². The number of hydrogen-bond donors (Lipinski definition) is 3. The fourth-order valence-corrected chi connectivity index (χ4v) is 3.45. The van der Waals surface area contributed by atoms with Gasteiger partial charge in [-0.25, -0.2) is 4.79 Å². The third-order valence-electron chi connectivity index (χ3n) is 5.04. The molecule has 5 amide bonds. The molecule has 0 aromatic heterocycles. The maximum atomic E-state index is 13.0. The molecule has 1 aliphatic rings. The number of rotatable bonds is 7. The van der Waals surface area contributed by atoms with Gasteiger partial charge in [-0.3, -0.25) is 19.3 Å². The fraction of sp³-hybridized carbons (Fsp3) is 0.273. The quantitative estimate of drug-likeness (QED) is 0.508. The van der Waals surface area contributed by atoms with Gasteiger partial charge in [-0.05, 0) is 42.8 Å². The molecule has 0 radical (unpaired) electrons. The molecule has 186 valence electrons. The molecular formula is C22H21F3N4O6. The molecule has 35 heavy (non-hydrogen) atoms. The Labute approximate surface area is 197 Å². The Morgan fingerprint density at radius 2 is 1.74 bits per heavy atom. The third-order valence-corrected chi connectivity index (χ3v) is 5.04. The van der Waals surface area contributed by atoms with E-state index in [-0.39, 0.29) is 22.9 Å². The molecular weight excluding hydrogens is 473 g/mol. The van der Waals surface area contributed by atoms with E-state index in [2.05, 4.69) is 20.7 Å². The van der Waals surface area contributed by atoms with Gasteiger partial charge in [0.15, 0.2) is 0 Å². The SMILES string of the molecule is COc1ccc(NC(C)=O)cc1NC(=O)CN1C(=O)NC(C)(c2ccc(OC(F)(F)F)cc2)C1=O. The Hall–Kier alpha value is -4.29. The number of ether oxygens (including phenoxy) is 2. The van der Waals surface area contributed by atoms with Crippen molar-refractivity contribution in [3.05, 3.63) is 48.0 Å². The predicted octanol–water partition coefficient (Wildman–Crippen LogP) is 2.96. The summed E-state index contributed by atoms with van der Waals surface area (Å²) in [7, 11) is 1.37. The second-order valence-electron chi connectivity index (χ2n) is 7.66. The first-order valence-electron chi connectivity index (χ1n) is 10.1. The van der Waals surface area contributed by atoms with Crippen LogP contribution in [0.25, 0.3) is 0 Å². The van der Waals surface area contributed by atoms with Crippen molar-refractivity contribution in [3.63, 3.8) is 0 Å². The number of methoxy groups -OCH3 is 1. The fourth-order valence-electron chi connectivity index (χ4n) is 3.45. The van der Waals surface area contributed by atoms with E-state index >= 15 is 0 Å². The van der Waals surface area contributed by atoms with Gasteiger partial charge >= 0.3 is 12.4 Å². The number of imide groups is 1. The van der Waals surface area contributed by atoms with Gasteiger partial charge in [-0.2, -0.15) is 0 Å². The topological polar surface area (TPSA) is 126 Å². The van der Waals surface area contributed by atoms with Crippen LogP contribution < -0.4 is 25.4 Å². The van der Waals surface area contributed by atoms with Gasteiger partial charge in [0.05, 0.1) is 12.8 Å². The van der Waals surface area contributed by atoms with Crippen LogP contribution in [0.2, 0.25) is 0 Å². The Morgan fingerprint density at radius 1 is 1.09 bits per heavy atom. The number of urea groups is 1. The lowest BCUT2D eigenvalue weighted by molar-refractivity contribution is -0.274. The third kappa shape index (κ3) is 5.80. The number of nitrogens with zero attached hydrogens (tertiary/aromatic N) is 1. The summed E-state index contributed by atoms with van der Waals surface area (Å²) in [5.74, 6) is -2.06. The van der Waals surface area contributed by atoms with E-state index in [1.54, 1.807) is 6.07 Å². The van der Waals surface area contributed by atoms with Crippen molar-refractivity contribution in [2.75, 3.05) is 24.3 Å². The lowest BCUT2D eigenvalue weighted by Gasteiger charge is -2.22. The van der Waals surface area contributed by atoms with Gasteiger partial charge in [0, 0.05) is 12.6 Å². The van der Waals surface area contributed by atoms with Crippen LogP contribution in [0.3, 0.4) is 0 Å². The summed E-state index contributed by atoms with van der Waals surface area (Å²) in [4.78, 5) is 50.1. The van der Waals surface area contributed by atoms with Gasteiger partial charge in [-0.1, -0.05) is 12.1 Å². The standard InChI is InChI=1S/C22H21F3N4O6/c1-12(30)26-14-6-9-17(34-3)16(10-14)27-18(31)11-29-19(32)21(2,28-20(29)33)13-4-7-15(8-5-13)35-22(23,24)25/h4-10H,11H2,1-3H3,(H,26,30)(H,27,31)(H,28,33). The zero-order valence-electron chi connectivity index (χ0n) is 18.8. The normalized spacial score (nSPS) is 17.6. The van der Waals surface area contributed by atoms with Crippen LogP contribution in [-0.2, 0) is 19.9 Å². The molecule has 1 unspecified atom stereocenters. The Kier molecular flexibility index (Phi) is 6.89. The molecule has 0 spiro atoms. The van der Waals surface area contributed by atoms with Crippen molar-refractivity contribution in [2.24, 2.45) is 0 Å². The van der Waals surface area contributed by atoms with Crippen molar-refractivity contribution in [1.82, 2.24) is 10.2 Å². The molecule has 1 aliphatic heterocycles. The Morgan fingerprint density at radius 3 is 2.31 bits per heavy atom. The summed E-state index contributed by atoms with van der Waals surface area (Å²) in [5.41, 5.74) is -0.845. The first-order chi connectivity index (χ1) is 16.3. The van der Waals surface area contributed by atoms with Gasteiger partial charge in [0.2, 0.25) is 11.8 Å². The van der Waals surface area contributed by atoms with Crippen molar-refractivity contribution >= 4 is 35.1 Å². The van der Waals surface area contributed by atoms with Crippen molar-refractivity contribution < 1.29 is 41.8 Å². The second-order valence-corrected chi connectivity index (χ2v) is 7.66. The second kappa shape index (κ2) is 9.52. The monoisotopic (exact) mass is 494 g/mol. The number of hydrogen-bond acceptors (Lipinski definition) is 6. The van der Waals surface area contributed by atoms with Crippen molar-refractivity contribution in [2.45, 2.75) is 25.7 Å². The highest BCUT2D eigenvalue weighted by molar-refractivity contribution is 6.10. The molecule has 1 saturated heterocycles. The molecule has 0 bridgehead atoms. The number of nitrogens with one attached hydrogen (secondary N) is 3. The molecule has 0 saturated carbocycles. The Bertz CT molecular complexity index is 1170. The molecule has 0 aliphatic carbocycles. The maximum Gasteiger partial charge on any atom is 0.573 e. The summed E-state index contributed by atoms with van der Waals surface area (Å²) in [6, 6.07) is 8.10. The highest BCUT2D eigenvalue weighted by Gasteiger charge is 2.49. The number of carbonyl (C=O) groups is 4. The minimum absolute atomic E-state index is 0.193. The molecule has 2 aromatic carbocycles. The van der Waals surface area contributed by atoms with E-state index in [0.29, 0.717) is 10.6 Å². The largest absolute Gasteiger partial charge is 0.573 e. The summed E-state index contributed by atoms with van der Waals surface area (Å²) < 4.78 is 46.1. The number of amides is 5. The van der Waals surface area contributed by atoms with Gasteiger partial charge < -0.3 is 25.4 Å². The van der Waals surface area contributed by atoms with Crippen LogP contribution in [0.15, 0.2) is 42.5 Å². The van der Waals surface area contributed by atoms with E-state index in [9.17, 15) is 32.3 Å². The molecule has 10 nitrogen and oxygen atoms in total. The van der Waals surface area contributed by atoms with Gasteiger partial charge in [0.25, 0.3) is 5.91 Å². The number of halogens is 3. The zero-order chi connectivity index (χ0) is 26.0. The molecule has 1 heterocycles. The zero-order valence-corrected chi connectivity index (χ0v) is 18.8. The summed E-state index contributed by atoms with van der Waals surface area (Å²) in [6.45, 7) is 2.03. The lowest BCUT2D eigenvalue weighted by atomic mass is 9.92. The van der Waals surface area contributed by atoms with Crippen LogP contribution >= 0.6 is 0 Å². The van der Waals surface area contributed by atoms with E-state index in [1.165, 1.54) is 45.2 Å². The Balaban J connectivity index is 1.74. The van der Waals surface area contributed by atoms with Crippen LogP contribution in [0.4, 0.5) is 29.3 Å².